The third kappa shape index (κ3) is 2.46. The highest BCUT2D eigenvalue weighted by atomic mass is 16.3. The zero-order valence-electron chi connectivity index (χ0n) is 9.34. The van der Waals surface area contributed by atoms with Gasteiger partial charge < -0.3 is 5.11 Å². The molecule has 0 bridgehead atoms. The van der Waals surface area contributed by atoms with Crippen molar-refractivity contribution in [2.75, 3.05) is 0 Å². The summed E-state index contributed by atoms with van der Waals surface area (Å²) in [7, 11) is 0. The van der Waals surface area contributed by atoms with E-state index >= 15 is 0 Å². The lowest BCUT2D eigenvalue weighted by Crippen LogP contribution is -2.34. The summed E-state index contributed by atoms with van der Waals surface area (Å²) in [4.78, 5) is 0. The molecule has 3 atom stereocenters. The van der Waals surface area contributed by atoms with Gasteiger partial charge in [0.1, 0.15) is 0 Å². The largest absolute Gasteiger partial charge is 0.390 e. The summed E-state index contributed by atoms with van der Waals surface area (Å²) in [6.07, 6.45) is 7.25. The van der Waals surface area contributed by atoms with Crippen LogP contribution >= 0.6 is 0 Å². The molecule has 78 valence electrons. The maximum atomic E-state index is 10.2. The Morgan fingerprint density at radius 3 is 2.54 bits per heavy atom. The van der Waals surface area contributed by atoms with E-state index in [-0.39, 0.29) is 5.60 Å². The van der Waals surface area contributed by atoms with Crippen molar-refractivity contribution in [3.05, 3.63) is 0 Å². The predicted octanol–water partition coefficient (Wildman–Crippen LogP) is 3.36. The molecule has 1 aliphatic rings. The Balaban J connectivity index is 2.57. The SMILES string of the molecule is CCCC(CC)C1CCCC1(C)O. The molecule has 0 saturated heterocycles. The molecular formula is C12H24O. The second-order valence-electron chi connectivity index (χ2n) is 4.81. The predicted molar refractivity (Wildman–Crippen MR) is 56.7 cm³/mol. The van der Waals surface area contributed by atoms with E-state index < -0.39 is 0 Å². The molecule has 1 aliphatic carbocycles. The summed E-state index contributed by atoms with van der Waals surface area (Å²) in [6, 6.07) is 0. The lowest BCUT2D eigenvalue weighted by molar-refractivity contribution is -0.00643. The molecule has 1 heteroatoms. The van der Waals surface area contributed by atoms with Crippen LogP contribution in [0.2, 0.25) is 0 Å². The van der Waals surface area contributed by atoms with Crippen molar-refractivity contribution >= 4 is 0 Å². The highest BCUT2D eigenvalue weighted by Gasteiger charge is 2.40. The highest BCUT2D eigenvalue weighted by Crippen LogP contribution is 2.42. The first-order valence-electron chi connectivity index (χ1n) is 5.84. The average molecular weight is 184 g/mol. The van der Waals surface area contributed by atoms with Gasteiger partial charge in [-0.2, -0.15) is 0 Å². The molecule has 1 nitrogen and oxygen atoms in total. The fourth-order valence-electron chi connectivity index (χ4n) is 2.98. The van der Waals surface area contributed by atoms with Crippen LogP contribution in [0.5, 0.6) is 0 Å². The average Bonchev–Trinajstić information content (AvgIpc) is 2.41. The fraction of sp³-hybridized carbons (Fsp3) is 1.00. The van der Waals surface area contributed by atoms with Gasteiger partial charge in [0.25, 0.3) is 0 Å². The van der Waals surface area contributed by atoms with Gasteiger partial charge in [0.05, 0.1) is 5.60 Å². The van der Waals surface area contributed by atoms with E-state index in [9.17, 15) is 5.11 Å². The van der Waals surface area contributed by atoms with Crippen LogP contribution in [-0.2, 0) is 0 Å². The molecule has 0 spiro atoms. The van der Waals surface area contributed by atoms with Crippen LogP contribution in [0.4, 0.5) is 0 Å². The fourth-order valence-corrected chi connectivity index (χ4v) is 2.98. The van der Waals surface area contributed by atoms with Crippen molar-refractivity contribution in [3.8, 4) is 0 Å². The van der Waals surface area contributed by atoms with Crippen molar-refractivity contribution in [3.63, 3.8) is 0 Å². The highest BCUT2D eigenvalue weighted by molar-refractivity contribution is 4.91. The van der Waals surface area contributed by atoms with Crippen LogP contribution in [0.15, 0.2) is 0 Å². The van der Waals surface area contributed by atoms with Crippen LogP contribution in [0.25, 0.3) is 0 Å². The minimum absolute atomic E-state index is 0.365. The first kappa shape index (κ1) is 11.0. The molecule has 0 aromatic heterocycles. The molecule has 1 fully saturated rings. The molecule has 0 aromatic rings. The van der Waals surface area contributed by atoms with E-state index in [1.54, 1.807) is 0 Å². The Labute approximate surface area is 82.5 Å². The van der Waals surface area contributed by atoms with E-state index in [2.05, 4.69) is 13.8 Å². The lowest BCUT2D eigenvalue weighted by Gasteiger charge is -2.32. The summed E-state index contributed by atoms with van der Waals surface area (Å²) in [5.41, 5.74) is -0.365. The summed E-state index contributed by atoms with van der Waals surface area (Å²) >= 11 is 0. The Bertz CT molecular complexity index is 151. The normalized spacial score (nSPS) is 36.5. The van der Waals surface area contributed by atoms with Gasteiger partial charge in [0.15, 0.2) is 0 Å². The van der Waals surface area contributed by atoms with Crippen LogP contribution in [0.1, 0.15) is 59.3 Å². The summed E-state index contributed by atoms with van der Waals surface area (Å²) in [6.45, 7) is 6.53. The number of hydrogen-bond donors (Lipinski definition) is 1. The van der Waals surface area contributed by atoms with Gasteiger partial charge in [0.2, 0.25) is 0 Å². The molecular weight excluding hydrogens is 160 g/mol. The Kier molecular flexibility index (Phi) is 3.78. The first-order valence-corrected chi connectivity index (χ1v) is 5.84. The van der Waals surface area contributed by atoms with Crippen molar-refractivity contribution < 1.29 is 5.11 Å². The first-order chi connectivity index (χ1) is 6.11. The second kappa shape index (κ2) is 4.45. The molecule has 0 radical (unpaired) electrons. The van der Waals surface area contributed by atoms with E-state index in [0.29, 0.717) is 5.92 Å². The molecule has 0 aromatic carbocycles. The maximum Gasteiger partial charge on any atom is 0.0650 e. The minimum Gasteiger partial charge on any atom is -0.390 e. The third-order valence-electron chi connectivity index (χ3n) is 3.75. The molecule has 1 rings (SSSR count). The monoisotopic (exact) mass is 184 g/mol. The van der Waals surface area contributed by atoms with Gasteiger partial charge in [-0.05, 0) is 31.6 Å². The summed E-state index contributed by atoms with van der Waals surface area (Å²) in [5.74, 6) is 1.32. The number of hydrogen-bond acceptors (Lipinski definition) is 1. The van der Waals surface area contributed by atoms with Crippen molar-refractivity contribution in [2.45, 2.75) is 64.9 Å². The molecule has 0 amide bonds. The topological polar surface area (TPSA) is 20.2 Å². The minimum atomic E-state index is -0.365. The van der Waals surface area contributed by atoms with Crippen molar-refractivity contribution in [1.82, 2.24) is 0 Å². The molecule has 0 heterocycles. The van der Waals surface area contributed by atoms with Crippen LogP contribution < -0.4 is 0 Å². The molecule has 1 N–H and O–H groups in total. The Morgan fingerprint density at radius 2 is 2.15 bits per heavy atom. The zero-order valence-corrected chi connectivity index (χ0v) is 9.34. The molecule has 1 saturated carbocycles. The standard InChI is InChI=1S/C12H24O/c1-4-7-10(5-2)11-8-6-9-12(11,3)13/h10-11,13H,4-9H2,1-3H3. The number of rotatable bonds is 4. The van der Waals surface area contributed by atoms with Gasteiger partial charge in [-0.1, -0.05) is 39.5 Å². The summed E-state index contributed by atoms with van der Waals surface area (Å²) < 4.78 is 0. The molecule has 0 aliphatic heterocycles. The van der Waals surface area contributed by atoms with Crippen LogP contribution in [0.3, 0.4) is 0 Å². The maximum absolute atomic E-state index is 10.2. The van der Waals surface area contributed by atoms with Gasteiger partial charge in [0, 0.05) is 0 Å². The molecule has 3 unspecified atom stereocenters. The summed E-state index contributed by atoms with van der Waals surface area (Å²) in [5, 5.41) is 10.2. The van der Waals surface area contributed by atoms with E-state index in [0.717, 1.165) is 12.3 Å². The quantitative estimate of drug-likeness (QED) is 0.710. The smallest absolute Gasteiger partial charge is 0.0650 e. The lowest BCUT2D eigenvalue weighted by atomic mass is 9.78. The van der Waals surface area contributed by atoms with Crippen LogP contribution in [-0.4, -0.2) is 10.7 Å². The second-order valence-corrected chi connectivity index (χ2v) is 4.81. The van der Waals surface area contributed by atoms with Crippen LogP contribution in [0, 0.1) is 11.8 Å². The van der Waals surface area contributed by atoms with Gasteiger partial charge in [-0.25, -0.2) is 0 Å². The Hall–Kier alpha value is -0.0400. The number of aliphatic hydroxyl groups is 1. The zero-order chi connectivity index (χ0) is 9.90. The van der Waals surface area contributed by atoms with E-state index in [1.165, 1.54) is 32.1 Å². The van der Waals surface area contributed by atoms with Crippen molar-refractivity contribution in [2.24, 2.45) is 11.8 Å². The van der Waals surface area contributed by atoms with Gasteiger partial charge in [-0.3, -0.25) is 0 Å². The van der Waals surface area contributed by atoms with E-state index in [1.807, 2.05) is 6.92 Å². The van der Waals surface area contributed by atoms with Gasteiger partial charge >= 0.3 is 0 Å². The van der Waals surface area contributed by atoms with Gasteiger partial charge in [-0.15, -0.1) is 0 Å². The third-order valence-corrected chi connectivity index (χ3v) is 3.75. The van der Waals surface area contributed by atoms with Crippen molar-refractivity contribution in [1.29, 1.82) is 0 Å². The van der Waals surface area contributed by atoms with E-state index in [4.69, 9.17) is 0 Å². The molecule has 13 heavy (non-hydrogen) atoms. The Morgan fingerprint density at radius 1 is 1.46 bits per heavy atom.